The first-order chi connectivity index (χ1) is 28.1. The molecule has 0 saturated heterocycles. The Hall–Kier alpha value is -6.88. The highest BCUT2D eigenvalue weighted by atomic mass is 16.3. The summed E-state index contributed by atoms with van der Waals surface area (Å²) in [4.78, 5) is 59.5. The number of carbonyl (C=O) groups is 4. The number of phenols is 2. The van der Waals surface area contributed by atoms with Gasteiger partial charge in [-0.1, -0.05) is 60.7 Å². The number of aromatic hydroxyl groups is 2. The summed E-state index contributed by atoms with van der Waals surface area (Å²) in [5, 5.41) is 47.5. The van der Waals surface area contributed by atoms with Gasteiger partial charge in [-0.15, -0.1) is 0 Å². The Morgan fingerprint density at radius 1 is 0.712 bits per heavy atom. The minimum Gasteiger partial charge on any atom is -0.508 e. The number of nitrogens with one attached hydrogen (secondary N) is 6. The molecule has 0 aliphatic carbocycles. The van der Waals surface area contributed by atoms with E-state index in [1.165, 1.54) is 24.3 Å². The van der Waals surface area contributed by atoms with E-state index in [4.69, 9.17) is 33.8 Å². The molecule has 0 aromatic heterocycles. The molecule has 314 valence electrons. The Bertz CT molecular complexity index is 2100. The van der Waals surface area contributed by atoms with Crippen molar-refractivity contribution in [3.05, 3.63) is 108 Å². The van der Waals surface area contributed by atoms with Crippen molar-refractivity contribution in [2.24, 2.45) is 22.9 Å². The van der Waals surface area contributed by atoms with Gasteiger partial charge in [-0.25, -0.2) is 0 Å². The van der Waals surface area contributed by atoms with Crippen molar-refractivity contribution < 1.29 is 29.4 Å². The first kappa shape index (κ1) is 44.8. The maximum Gasteiger partial charge on any atom is 0.255 e. The van der Waals surface area contributed by atoms with Crippen LogP contribution >= 0.6 is 0 Å². The number of fused-ring (bicyclic) bond motifs is 1. The molecule has 16 N–H and O–H groups in total. The predicted molar refractivity (Wildman–Crippen MR) is 226 cm³/mol. The van der Waals surface area contributed by atoms with Gasteiger partial charge in [-0.3, -0.25) is 30.0 Å². The van der Waals surface area contributed by atoms with Crippen LogP contribution in [0, 0.1) is 10.8 Å². The number of nitrogens with zero attached hydrogens (tertiary/aromatic N) is 1. The van der Waals surface area contributed by atoms with Crippen molar-refractivity contribution >= 4 is 46.3 Å². The van der Waals surface area contributed by atoms with Gasteiger partial charge in [0.05, 0.1) is 12.1 Å². The van der Waals surface area contributed by atoms with Gasteiger partial charge in [0.1, 0.15) is 17.5 Å². The smallest absolute Gasteiger partial charge is 0.255 e. The third-order valence-electron chi connectivity index (χ3n) is 10.0. The van der Waals surface area contributed by atoms with Crippen LogP contribution < -0.4 is 44.2 Å². The van der Waals surface area contributed by atoms with Gasteiger partial charge in [0.15, 0.2) is 11.9 Å². The number of hydrogen-bond donors (Lipinski definition) is 12. The van der Waals surface area contributed by atoms with E-state index in [2.05, 4.69) is 21.3 Å². The maximum atomic E-state index is 15.5. The molecule has 4 amide bonds. The highest BCUT2D eigenvalue weighted by Gasteiger charge is 2.54. The fourth-order valence-corrected chi connectivity index (χ4v) is 6.91. The molecule has 0 unspecified atom stereocenters. The number of phenolic OH excluding ortho intramolecular Hbond substituents is 2. The lowest BCUT2D eigenvalue weighted by atomic mass is 9.84. The van der Waals surface area contributed by atoms with Crippen molar-refractivity contribution in [2.75, 3.05) is 19.6 Å². The molecule has 0 fully saturated rings. The molecule has 0 spiro atoms. The Kier molecular flexibility index (Phi) is 16.0. The SMILES string of the molecule is C[C@H](c1ccc2ccccc2c1)N(C(=O)[C@H](Cc1ccc(O)cc1)NC(=O)[C@@H](N)Cc1ccc(O)cc1)[C@@](CCCNC(=N)N)(C(N)=O)C(=O)NCCCCNC(=N)N. The average Bonchev–Trinajstić information content (AvgIpc) is 3.20. The fraction of sp³-hybridized carbons (Fsp3) is 0.333. The van der Waals surface area contributed by atoms with Crippen LogP contribution in [0.1, 0.15) is 55.3 Å². The maximum absolute atomic E-state index is 15.5. The van der Waals surface area contributed by atoms with E-state index in [-0.39, 0.29) is 62.2 Å². The average molecular weight is 810 g/mol. The zero-order valence-electron chi connectivity index (χ0n) is 33.0. The third kappa shape index (κ3) is 12.3. The molecular weight excluding hydrogens is 755 g/mol. The lowest BCUT2D eigenvalue weighted by Crippen LogP contribution is -2.70. The predicted octanol–water partition coefficient (Wildman–Crippen LogP) is 1.30. The molecule has 59 heavy (non-hydrogen) atoms. The van der Waals surface area contributed by atoms with Crippen molar-refractivity contribution in [2.45, 2.75) is 69.1 Å². The van der Waals surface area contributed by atoms with Gasteiger partial charge < -0.3 is 59.3 Å². The number of primary amides is 1. The van der Waals surface area contributed by atoms with Gasteiger partial charge in [-0.05, 0) is 96.8 Å². The molecule has 4 atom stereocenters. The van der Waals surface area contributed by atoms with E-state index in [0.29, 0.717) is 36.1 Å². The second-order valence-electron chi connectivity index (χ2n) is 14.4. The number of amides is 4. The molecule has 0 aliphatic heterocycles. The van der Waals surface area contributed by atoms with Gasteiger partial charge in [-0.2, -0.15) is 0 Å². The number of hydrogen-bond acceptors (Lipinski definition) is 9. The number of carbonyl (C=O) groups excluding carboxylic acids is 4. The van der Waals surface area contributed by atoms with Crippen LogP contribution in [0.5, 0.6) is 11.5 Å². The number of benzene rings is 4. The van der Waals surface area contributed by atoms with E-state index in [0.717, 1.165) is 15.7 Å². The molecule has 17 nitrogen and oxygen atoms in total. The highest BCUT2D eigenvalue weighted by molar-refractivity contribution is 6.12. The third-order valence-corrected chi connectivity index (χ3v) is 10.0. The van der Waals surface area contributed by atoms with Gasteiger partial charge in [0.2, 0.25) is 17.4 Å². The molecule has 0 radical (unpaired) electrons. The van der Waals surface area contributed by atoms with E-state index >= 15 is 4.79 Å². The molecule has 4 aromatic rings. The molecule has 0 bridgehead atoms. The van der Waals surface area contributed by atoms with E-state index in [1.807, 2.05) is 36.4 Å². The fourth-order valence-electron chi connectivity index (χ4n) is 6.91. The molecule has 0 heterocycles. The van der Waals surface area contributed by atoms with Gasteiger partial charge in [0, 0.05) is 26.1 Å². The topological polar surface area (TPSA) is 312 Å². The van der Waals surface area contributed by atoms with Crippen LogP contribution in [0.15, 0.2) is 91.0 Å². The zero-order chi connectivity index (χ0) is 43.1. The summed E-state index contributed by atoms with van der Waals surface area (Å²) >= 11 is 0. The monoisotopic (exact) mass is 809 g/mol. The summed E-state index contributed by atoms with van der Waals surface area (Å²) in [7, 11) is 0. The zero-order valence-corrected chi connectivity index (χ0v) is 33.0. The van der Waals surface area contributed by atoms with Gasteiger partial charge in [0.25, 0.3) is 11.8 Å². The molecular formula is C42H55N11O6. The second kappa shape index (κ2) is 21.0. The Balaban J connectivity index is 1.85. The normalized spacial score (nSPS) is 13.5. The minimum atomic E-state index is -2.36. The van der Waals surface area contributed by atoms with E-state index in [1.54, 1.807) is 37.3 Å². The van der Waals surface area contributed by atoms with Crippen molar-refractivity contribution in [1.29, 1.82) is 10.8 Å². The summed E-state index contributed by atoms with van der Waals surface area (Å²) < 4.78 is 0. The summed E-state index contributed by atoms with van der Waals surface area (Å²) in [6.45, 7) is 2.16. The van der Waals surface area contributed by atoms with Gasteiger partial charge >= 0.3 is 0 Å². The Labute approximate surface area is 342 Å². The molecule has 0 saturated carbocycles. The summed E-state index contributed by atoms with van der Waals surface area (Å²) in [5.41, 5.74) is 23.0. The van der Waals surface area contributed by atoms with Crippen molar-refractivity contribution in [3.8, 4) is 11.5 Å². The number of rotatable bonds is 21. The first-order valence-corrected chi connectivity index (χ1v) is 19.3. The molecule has 0 aliphatic rings. The summed E-state index contributed by atoms with van der Waals surface area (Å²) in [5.74, 6) is -4.03. The van der Waals surface area contributed by atoms with Crippen LogP contribution in [-0.4, -0.2) is 87.9 Å². The van der Waals surface area contributed by atoms with E-state index in [9.17, 15) is 24.6 Å². The Morgan fingerprint density at radius 2 is 1.24 bits per heavy atom. The second-order valence-corrected chi connectivity index (χ2v) is 14.4. The van der Waals surface area contributed by atoms with Crippen LogP contribution in [0.2, 0.25) is 0 Å². The summed E-state index contributed by atoms with van der Waals surface area (Å²) in [6.07, 6.45) is 0.599. The number of nitrogens with two attached hydrogens (primary N) is 4. The standard InChI is InChI=1S/C42H55N11O6/c1-26(30-14-13-29-7-2-3-8-31(29)25-30)53(42(38(44)58,19-6-22-51-41(47)48)39(59)49-20-4-5-21-50-40(45)46)37(57)35(24-28-11-17-33(55)18-12-28)52-36(56)34(43)23-27-9-15-32(54)16-10-27/h2-3,7-18,25-26,34-35,54-55H,4-6,19-24,43H2,1H3,(H2,44,58)(H,49,59)(H,52,56)(H4,45,46,50)(H4,47,48,51)/t26-,34+,35+,42+/m1/s1. The quantitative estimate of drug-likeness (QED) is 0.0246. The first-order valence-electron chi connectivity index (χ1n) is 19.3. The van der Waals surface area contributed by atoms with Crippen molar-refractivity contribution in [1.82, 2.24) is 26.2 Å². The largest absolute Gasteiger partial charge is 0.508 e. The van der Waals surface area contributed by atoms with Crippen LogP contribution in [-0.2, 0) is 32.0 Å². The van der Waals surface area contributed by atoms with Crippen molar-refractivity contribution in [3.63, 3.8) is 0 Å². The number of guanidine groups is 2. The van der Waals surface area contributed by atoms with Crippen LogP contribution in [0.3, 0.4) is 0 Å². The van der Waals surface area contributed by atoms with E-state index < -0.39 is 47.3 Å². The van der Waals surface area contributed by atoms with Crippen LogP contribution in [0.4, 0.5) is 0 Å². The number of unbranched alkanes of at least 4 members (excludes halogenated alkanes) is 1. The Morgan fingerprint density at radius 3 is 1.80 bits per heavy atom. The summed E-state index contributed by atoms with van der Waals surface area (Å²) in [6, 6.07) is 21.7. The molecule has 4 aromatic carbocycles. The van der Waals surface area contributed by atoms with Crippen LogP contribution in [0.25, 0.3) is 10.8 Å². The minimum absolute atomic E-state index is 0.0243. The lowest BCUT2D eigenvalue weighted by Gasteiger charge is -2.45. The molecule has 17 heteroatoms. The molecule has 4 rings (SSSR count). The highest BCUT2D eigenvalue weighted by Crippen LogP contribution is 2.35. The lowest BCUT2D eigenvalue weighted by molar-refractivity contribution is -0.160.